The summed E-state index contributed by atoms with van der Waals surface area (Å²) in [5.41, 5.74) is 4.84. The second-order valence-corrected chi connectivity index (χ2v) is 7.39. The average Bonchev–Trinajstić information content (AvgIpc) is 3.31. The lowest BCUT2D eigenvalue weighted by molar-refractivity contribution is 0.102. The highest BCUT2D eigenvalue weighted by Gasteiger charge is 2.19. The van der Waals surface area contributed by atoms with Crippen LogP contribution in [0.15, 0.2) is 71.3 Å². The van der Waals surface area contributed by atoms with Crippen molar-refractivity contribution in [2.45, 2.75) is 13.8 Å². The number of methoxy groups -OCH3 is 2. The third-order valence-electron chi connectivity index (χ3n) is 5.35. The van der Waals surface area contributed by atoms with Gasteiger partial charge in [0.05, 0.1) is 31.5 Å². The van der Waals surface area contributed by atoms with Crippen LogP contribution in [0.25, 0.3) is 22.8 Å². The summed E-state index contributed by atoms with van der Waals surface area (Å²) < 4.78 is 16.8. The van der Waals surface area contributed by atoms with Crippen molar-refractivity contribution in [3.8, 4) is 34.3 Å². The van der Waals surface area contributed by atoms with E-state index in [1.807, 2.05) is 62.4 Å². The van der Waals surface area contributed by atoms with Crippen LogP contribution in [0.4, 0.5) is 5.69 Å². The van der Waals surface area contributed by atoms with Crippen molar-refractivity contribution in [3.05, 3.63) is 83.6 Å². The summed E-state index contributed by atoms with van der Waals surface area (Å²) in [6, 6.07) is 18.5. The van der Waals surface area contributed by atoms with Crippen LogP contribution in [-0.4, -0.2) is 25.1 Å². The van der Waals surface area contributed by atoms with E-state index in [4.69, 9.17) is 13.9 Å². The van der Waals surface area contributed by atoms with Gasteiger partial charge in [-0.25, -0.2) is 4.98 Å². The van der Waals surface area contributed by atoms with Crippen LogP contribution in [-0.2, 0) is 0 Å². The number of benzene rings is 3. The number of hydrogen-bond donors (Lipinski definition) is 1. The van der Waals surface area contributed by atoms with Crippen molar-refractivity contribution in [2.24, 2.45) is 0 Å². The zero-order valence-electron chi connectivity index (χ0n) is 18.4. The molecule has 0 fully saturated rings. The predicted molar refractivity (Wildman–Crippen MR) is 124 cm³/mol. The topological polar surface area (TPSA) is 73.6 Å². The minimum atomic E-state index is -0.231. The van der Waals surface area contributed by atoms with Crippen molar-refractivity contribution in [1.82, 2.24) is 4.98 Å². The smallest absolute Gasteiger partial charge is 0.256 e. The van der Waals surface area contributed by atoms with Crippen LogP contribution in [0.1, 0.15) is 21.5 Å². The molecule has 0 atom stereocenters. The first-order chi connectivity index (χ1) is 15.5. The van der Waals surface area contributed by atoms with Gasteiger partial charge in [-0.05, 0) is 61.4 Å². The van der Waals surface area contributed by atoms with Crippen LogP contribution in [0, 0.1) is 13.8 Å². The summed E-state index contributed by atoms with van der Waals surface area (Å²) >= 11 is 0. The first-order valence-corrected chi connectivity index (χ1v) is 10.2. The third-order valence-corrected chi connectivity index (χ3v) is 5.35. The van der Waals surface area contributed by atoms with Gasteiger partial charge in [-0.1, -0.05) is 18.2 Å². The van der Waals surface area contributed by atoms with Gasteiger partial charge in [0.15, 0.2) is 5.76 Å². The Morgan fingerprint density at radius 3 is 2.47 bits per heavy atom. The fraction of sp³-hybridized carbons (Fsp3) is 0.154. The highest BCUT2D eigenvalue weighted by molar-refractivity contribution is 6.08. The number of nitrogens with one attached hydrogen (secondary N) is 1. The number of amides is 1. The van der Waals surface area contributed by atoms with E-state index in [1.165, 1.54) is 5.56 Å². The molecule has 1 N–H and O–H groups in total. The van der Waals surface area contributed by atoms with Crippen LogP contribution in [0.5, 0.6) is 11.5 Å². The van der Waals surface area contributed by atoms with E-state index in [9.17, 15) is 4.79 Å². The predicted octanol–water partition coefficient (Wildman–Crippen LogP) is 5.89. The van der Waals surface area contributed by atoms with Gasteiger partial charge in [-0.3, -0.25) is 4.79 Å². The second-order valence-electron chi connectivity index (χ2n) is 7.39. The Labute approximate surface area is 186 Å². The van der Waals surface area contributed by atoms with Crippen molar-refractivity contribution >= 4 is 11.6 Å². The van der Waals surface area contributed by atoms with Gasteiger partial charge in [0.25, 0.3) is 5.91 Å². The maximum Gasteiger partial charge on any atom is 0.256 e. The van der Waals surface area contributed by atoms with E-state index in [1.54, 1.807) is 32.5 Å². The monoisotopic (exact) mass is 428 g/mol. The number of nitrogens with zero attached hydrogens (tertiary/aromatic N) is 1. The molecule has 0 radical (unpaired) electrons. The summed E-state index contributed by atoms with van der Waals surface area (Å²) in [4.78, 5) is 17.5. The number of aromatic nitrogens is 1. The van der Waals surface area contributed by atoms with Gasteiger partial charge in [-0.15, -0.1) is 0 Å². The number of aryl methyl sites for hydroxylation is 2. The maximum atomic E-state index is 13.0. The summed E-state index contributed by atoms with van der Waals surface area (Å²) in [6.07, 6.45) is 1.62. The Morgan fingerprint density at radius 2 is 1.72 bits per heavy atom. The molecule has 0 unspecified atom stereocenters. The molecule has 162 valence electrons. The van der Waals surface area contributed by atoms with Gasteiger partial charge in [0, 0.05) is 17.3 Å². The zero-order chi connectivity index (χ0) is 22.7. The fourth-order valence-electron chi connectivity index (χ4n) is 3.41. The lowest BCUT2D eigenvalue weighted by atomic mass is 10.1. The molecule has 0 bridgehead atoms. The first-order valence-electron chi connectivity index (χ1n) is 10.2. The zero-order valence-corrected chi connectivity index (χ0v) is 18.4. The van der Waals surface area contributed by atoms with Crippen LogP contribution >= 0.6 is 0 Å². The molecule has 0 saturated carbocycles. The molecule has 4 aromatic rings. The molecule has 0 spiro atoms. The second kappa shape index (κ2) is 8.98. The van der Waals surface area contributed by atoms with Crippen molar-refractivity contribution in [2.75, 3.05) is 19.5 Å². The fourth-order valence-corrected chi connectivity index (χ4v) is 3.41. The summed E-state index contributed by atoms with van der Waals surface area (Å²) in [5.74, 6) is 1.93. The highest BCUT2D eigenvalue weighted by Crippen LogP contribution is 2.35. The Balaban J connectivity index is 1.66. The standard InChI is InChI=1S/C26H24N2O4/c1-16-9-10-18(13-17(16)2)28-25(29)20-7-5-6-8-21(20)26-27-15-24(32-26)22-12-11-19(30-3)14-23(22)31-4/h5-15H,1-4H3,(H,28,29). The Morgan fingerprint density at radius 1 is 0.906 bits per heavy atom. The van der Waals surface area contributed by atoms with Crippen LogP contribution < -0.4 is 14.8 Å². The van der Waals surface area contributed by atoms with Crippen molar-refractivity contribution in [3.63, 3.8) is 0 Å². The normalized spacial score (nSPS) is 10.6. The van der Waals surface area contributed by atoms with Gasteiger partial charge >= 0.3 is 0 Å². The largest absolute Gasteiger partial charge is 0.497 e. The van der Waals surface area contributed by atoms with Gasteiger partial charge in [0.1, 0.15) is 11.5 Å². The molecule has 0 saturated heterocycles. The number of oxazole rings is 1. The third kappa shape index (κ3) is 4.21. The number of rotatable bonds is 6. The van der Waals surface area contributed by atoms with Crippen LogP contribution in [0.3, 0.4) is 0 Å². The maximum absolute atomic E-state index is 13.0. The molecule has 1 aromatic heterocycles. The molecule has 32 heavy (non-hydrogen) atoms. The lowest BCUT2D eigenvalue weighted by Gasteiger charge is -2.10. The molecule has 6 heteroatoms. The molecule has 4 rings (SSSR count). The average molecular weight is 428 g/mol. The number of carbonyl (C=O) groups excluding carboxylic acids is 1. The Hall–Kier alpha value is -4.06. The molecule has 0 aliphatic carbocycles. The number of hydrogen-bond acceptors (Lipinski definition) is 5. The van der Waals surface area contributed by atoms with Crippen molar-refractivity contribution in [1.29, 1.82) is 0 Å². The van der Waals surface area contributed by atoms with E-state index in [-0.39, 0.29) is 5.91 Å². The Bertz CT molecular complexity index is 1280. The quantitative estimate of drug-likeness (QED) is 0.414. The van der Waals surface area contributed by atoms with E-state index >= 15 is 0 Å². The highest BCUT2D eigenvalue weighted by atomic mass is 16.5. The van der Waals surface area contributed by atoms with Crippen LogP contribution in [0.2, 0.25) is 0 Å². The molecule has 1 heterocycles. The number of ether oxygens (including phenoxy) is 2. The molecule has 1 amide bonds. The van der Waals surface area contributed by atoms with Gasteiger partial charge < -0.3 is 19.2 Å². The molecule has 0 aliphatic rings. The van der Waals surface area contributed by atoms with E-state index in [0.29, 0.717) is 34.3 Å². The minimum absolute atomic E-state index is 0.231. The number of anilines is 1. The Kier molecular flexibility index (Phi) is 5.94. The van der Waals surface area contributed by atoms with E-state index in [2.05, 4.69) is 10.3 Å². The van der Waals surface area contributed by atoms with Gasteiger partial charge in [-0.2, -0.15) is 0 Å². The first kappa shape index (κ1) is 21.2. The van der Waals surface area contributed by atoms with E-state index in [0.717, 1.165) is 16.8 Å². The minimum Gasteiger partial charge on any atom is -0.497 e. The molecule has 3 aromatic carbocycles. The van der Waals surface area contributed by atoms with Crippen molar-refractivity contribution < 1.29 is 18.7 Å². The van der Waals surface area contributed by atoms with Gasteiger partial charge in [0.2, 0.25) is 5.89 Å². The molecule has 0 aliphatic heterocycles. The molecular formula is C26H24N2O4. The SMILES string of the molecule is COc1ccc(-c2cnc(-c3ccccc3C(=O)Nc3ccc(C)c(C)c3)o2)c(OC)c1. The lowest BCUT2D eigenvalue weighted by Crippen LogP contribution is -2.13. The van der Waals surface area contributed by atoms with E-state index < -0.39 is 0 Å². The summed E-state index contributed by atoms with van der Waals surface area (Å²) in [5, 5.41) is 2.96. The number of carbonyl (C=O) groups is 1. The molecule has 6 nitrogen and oxygen atoms in total. The summed E-state index contributed by atoms with van der Waals surface area (Å²) in [7, 11) is 3.18. The molecular weight excluding hydrogens is 404 g/mol. The summed E-state index contributed by atoms with van der Waals surface area (Å²) in [6.45, 7) is 4.05.